The van der Waals surface area contributed by atoms with Crippen molar-refractivity contribution in [1.82, 2.24) is 24.5 Å². The van der Waals surface area contributed by atoms with Gasteiger partial charge in [0.05, 0.1) is 18.8 Å². The standard InChI is InChI=1S/C32H41N7O5S/c1-21-19-30(2,3)38(20-21)28-22(29(41)37-45(42,43)27-6-4-5-24(34-27)33-15-17-40)7-8-25(35-28)39-16-9-26(36-39)44-18-10-23-31(11-12-31)32(23)13-14-32/h4-9,16,21,23,40H,10-15,17-20H2,1-3H3,(H,33,34)(H,37,41). The second-order valence-electron chi connectivity index (χ2n) is 13.8. The fourth-order valence-electron chi connectivity index (χ4n) is 8.13. The maximum atomic E-state index is 13.6. The number of aliphatic hydroxyl groups excluding tert-OH is 1. The van der Waals surface area contributed by atoms with Crippen LogP contribution >= 0.6 is 0 Å². The van der Waals surface area contributed by atoms with E-state index in [1.54, 1.807) is 29.1 Å². The van der Waals surface area contributed by atoms with Crippen molar-refractivity contribution < 1.29 is 23.1 Å². The van der Waals surface area contributed by atoms with Crippen LogP contribution in [0.3, 0.4) is 0 Å². The third-order valence-corrected chi connectivity index (χ3v) is 11.6. The molecule has 7 rings (SSSR count). The first-order chi connectivity index (χ1) is 21.5. The summed E-state index contributed by atoms with van der Waals surface area (Å²) in [6, 6.07) is 9.47. The SMILES string of the molecule is CC1CN(c2nc(-n3ccc(OCCC4C5(CC5)C45CC5)n3)ccc2C(=O)NS(=O)(=O)c2cccc(NCCO)n2)C(C)(C)C1. The molecule has 3 saturated carbocycles. The fraction of sp³-hybridized carbons (Fsp3) is 0.562. The lowest BCUT2D eigenvalue weighted by Gasteiger charge is -2.34. The van der Waals surface area contributed by atoms with E-state index in [9.17, 15) is 13.2 Å². The lowest BCUT2D eigenvalue weighted by Crippen LogP contribution is -2.41. The Morgan fingerprint density at radius 2 is 1.84 bits per heavy atom. The molecule has 3 aromatic heterocycles. The Kier molecular flexibility index (Phi) is 7.12. The summed E-state index contributed by atoms with van der Waals surface area (Å²) < 4.78 is 36.3. The van der Waals surface area contributed by atoms with Gasteiger partial charge in [-0.2, -0.15) is 8.42 Å². The van der Waals surface area contributed by atoms with Gasteiger partial charge < -0.3 is 20.1 Å². The summed E-state index contributed by atoms with van der Waals surface area (Å²) in [7, 11) is -4.31. The van der Waals surface area contributed by atoms with Crippen molar-refractivity contribution >= 4 is 27.6 Å². The molecule has 1 atom stereocenters. The predicted molar refractivity (Wildman–Crippen MR) is 168 cm³/mol. The van der Waals surface area contributed by atoms with Gasteiger partial charge in [-0.3, -0.25) is 4.79 Å². The number of carbonyl (C=O) groups excluding carboxylic acids is 1. The Hall–Kier alpha value is -3.71. The Balaban J connectivity index is 1.11. The molecule has 3 N–H and O–H groups in total. The number of nitrogens with one attached hydrogen (secondary N) is 2. The number of fused-ring (bicyclic) bond motifs is 1. The van der Waals surface area contributed by atoms with Gasteiger partial charge in [-0.1, -0.05) is 13.0 Å². The smallest absolute Gasteiger partial charge is 0.281 e. The molecule has 12 nitrogen and oxygen atoms in total. The molecular formula is C32H41N7O5S. The second-order valence-corrected chi connectivity index (χ2v) is 15.4. The number of hydrogen-bond donors (Lipinski definition) is 3. The van der Waals surface area contributed by atoms with Gasteiger partial charge in [0.2, 0.25) is 5.88 Å². The number of nitrogens with zero attached hydrogens (tertiary/aromatic N) is 5. The van der Waals surface area contributed by atoms with Crippen molar-refractivity contribution in [3.63, 3.8) is 0 Å². The van der Waals surface area contributed by atoms with Crippen molar-refractivity contribution in [3.05, 3.63) is 48.2 Å². The van der Waals surface area contributed by atoms with E-state index in [-0.39, 0.29) is 35.1 Å². The minimum atomic E-state index is -4.31. The molecule has 3 aliphatic carbocycles. The van der Waals surface area contributed by atoms with Crippen LogP contribution in [-0.4, -0.2) is 71.0 Å². The number of pyridine rings is 2. The van der Waals surface area contributed by atoms with Crippen molar-refractivity contribution in [2.24, 2.45) is 22.7 Å². The van der Waals surface area contributed by atoms with Crippen LogP contribution < -0.4 is 19.7 Å². The number of anilines is 2. The fourth-order valence-corrected chi connectivity index (χ4v) is 9.07. The first-order valence-corrected chi connectivity index (χ1v) is 17.3. The molecule has 2 spiro atoms. The maximum Gasteiger partial charge on any atom is 0.281 e. The lowest BCUT2D eigenvalue weighted by molar-refractivity contribution is 0.0981. The highest BCUT2D eigenvalue weighted by molar-refractivity contribution is 7.90. The number of hydrogen-bond acceptors (Lipinski definition) is 10. The summed E-state index contributed by atoms with van der Waals surface area (Å²) in [6.45, 7) is 7.71. The third-order valence-electron chi connectivity index (χ3n) is 10.4. The van der Waals surface area contributed by atoms with Gasteiger partial charge in [0.1, 0.15) is 11.6 Å². The first kappa shape index (κ1) is 30.0. The summed E-state index contributed by atoms with van der Waals surface area (Å²) in [5.41, 5.74) is 1.13. The average molecular weight is 636 g/mol. The van der Waals surface area contributed by atoms with Crippen LogP contribution in [-0.2, 0) is 10.0 Å². The molecule has 45 heavy (non-hydrogen) atoms. The van der Waals surface area contributed by atoms with Crippen LogP contribution in [0.2, 0.25) is 0 Å². The molecule has 0 bridgehead atoms. The predicted octanol–water partition coefficient (Wildman–Crippen LogP) is 3.77. The number of sulfonamides is 1. The number of amides is 1. The molecule has 240 valence electrons. The van der Waals surface area contributed by atoms with Gasteiger partial charge in [-0.25, -0.2) is 19.4 Å². The average Bonchev–Trinajstić information content (AvgIpc) is 3.96. The molecule has 1 unspecified atom stereocenters. The maximum absolute atomic E-state index is 13.6. The van der Waals surface area contributed by atoms with Gasteiger partial charge in [0.15, 0.2) is 10.8 Å². The van der Waals surface area contributed by atoms with Gasteiger partial charge in [0.25, 0.3) is 15.9 Å². The quantitative estimate of drug-likeness (QED) is 0.268. The summed E-state index contributed by atoms with van der Waals surface area (Å²) in [6.07, 6.45) is 9.30. The molecule has 4 aliphatic rings. The summed E-state index contributed by atoms with van der Waals surface area (Å²) in [4.78, 5) is 24.7. The molecule has 4 fully saturated rings. The zero-order chi connectivity index (χ0) is 31.6. The van der Waals surface area contributed by atoms with Crippen LogP contribution in [0.5, 0.6) is 5.88 Å². The van der Waals surface area contributed by atoms with Gasteiger partial charge in [-0.15, -0.1) is 5.10 Å². The van der Waals surface area contributed by atoms with E-state index >= 15 is 0 Å². The van der Waals surface area contributed by atoms with E-state index in [0.717, 1.165) is 18.8 Å². The molecule has 1 saturated heterocycles. The monoisotopic (exact) mass is 635 g/mol. The van der Waals surface area contributed by atoms with Crippen LogP contribution in [0.1, 0.15) is 69.7 Å². The molecule has 0 aromatic carbocycles. The highest BCUT2D eigenvalue weighted by Crippen LogP contribution is 2.93. The number of ether oxygens (including phenoxy) is 1. The second kappa shape index (κ2) is 10.7. The minimum absolute atomic E-state index is 0.134. The highest BCUT2D eigenvalue weighted by Gasteiger charge is 2.85. The van der Waals surface area contributed by atoms with E-state index in [2.05, 4.69) is 45.8 Å². The molecule has 4 heterocycles. The Bertz CT molecular complexity index is 1710. The van der Waals surface area contributed by atoms with Crippen molar-refractivity contribution in [2.45, 2.75) is 69.9 Å². The van der Waals surface area contributed by atoms with E-state index in [4.69, 9.17) is 14.8 Å². The molecule has 3 aromatic rings. The largest absolute Gasteiger partial charge is 0.477 e. The van der Waals surface area contributed by atoms with Crippen molar-refractivity contribution in [2.75, 3.05) is 36.5 Å². The Labute approximate surface area is 263 Å². The zero-order valence-electron chi connectivity index (χ0n) is 26.0. The van der Waals surface area contributed by atoms with E-state index in [1.807, 2.05) is 6.07 Å². The summed E-state index contributed by atoms with van der Waals surface area (Å²) >= 11 is 0. The van der Waals surface area contributed by atoms with Gasteiger partial charge in [0, 0.05) is 30.9 Å². The molecule has 1 aliphatic heterocycles. The number of rotatable bonds is 12. The van der Waals surface area contributed by atoms with Crippen molar-refractivity contribution in [3.8, 4) is 11.7 Å². The van der Waals surface area contributed by atoms with E-state index < -0.39 is 15.9 Å². The van der Waals surface area contributed by atoms with Crippen LogP contribution in [0.4, 0.5) is 11.6 Å². The number of aliphatic hydroxyl groups is 1. The lowest BCUT2D eigenvalue weighted by atomic mass is 9.97. The van der Waals surface area contributed by atoms with Crippen LogP contribution in [0.15, 0.2) is 47.6 Å². The van der Waals surface area contributed by atoms with Crippen LogP contribution in [0, 0.1) is 22.7 Å². The summed E-state index contributed by atoms with van der Waals surface area (Å²) in [5.74, 6) is 2.04. The molecule has 13 heteroatoms. The molecule has 0 radical (unpaired) electrons. The van der Waals surface area contributed by atoms with Crippen LogP contribution in [0.25, 0.3) is 5.82 Å². The Morgan fingerprint density at radius 1 is 1.09 bits per heavy atom. The first-order valence-electron chi connectivity index (χ1n) is 15.8. The molecular weight excluding hydrogens is 594 g/mol. The Morgan fingerprint density at radius 3 is 2.51 bits per heavy atom. The zero-order valence-corrected chi connectivity index (χ0v) is 26.8. The number of carbonyl (C=O) groups is 1. The van der Waals surface area contributed by atoms with Crippen molar-refractivity contribution in [1.29, 1.82) is 0 Å². The van der Waals surface area contributed by atoms with E-state index in [1.165, 1.54) is 37.8 Å². The highest BCUT2D eigenvalue weighted by atomic mass is 32.2. The summed E-state index contributed by atoms with van der Waals surface area (Å²) in [5, 5.41) is 16.2. The van der Waals surface area contributed by atoms with E-state index in [0.29, 0.717) is 47.4 Å². The molecule has 1 amide bonds. The minimum Gasteiger partial charge on any atom is -0.477 e. The van der Waals surface area contributed by atoms with Gasteiger partial charge in [-0.05, 0) is 99.3 Å². The number of aromatic nitrogens is 4. The van der Waals surface area contributed by atoms with Gasteiger partial charge >= 0.3 is 0 Å². The normalized spacial score (nSPS) is 22.0. The topological polar surface area (TPSA) is 152 Å². The third kappa shape index (κ3) is 5.33.